The van der Waals surface area contributed by atoms with Gasteiger partial charge in [-0.15, -0.1) is 0 Å². The lowest BCUT2D eigenvalue weighted by Crippen LogP contribution is -2.01. The van der Waals surface area contributed by atoms with E-state index in [0.29, 0.717) is 6.54 Å². The number of non-ortho nitro benzene ring substituents is 1. The average Bonchev–Trinajstić information content (AvgIpc) is 2.16. The SMILES string of the molecule is Cc1ccc([N+](=O)[O-])cc1CCCN. The van der Waals surface area contributed by atoms with E-state index in [0.717, 1.165) is 24.0 Å². The Hall–Kier alpha value is -1.42. The Labute approximate surface area is 82.9 Å². The monoisotopic (exact) mass is 194 g/mol. The molecular formula is C10H14N2O2. The van der Waals surface area contributed by atoms with Crippen LogP contribution in [-0.4, -0.2) is 11.5 Å². The van der Waals surface area contributed by atoms with E-state index in [1.807, 2.05) is 6.92 Å². The van der Waals surface area contributed by atoms with Gasteiger partial charge in [-0.25, -0.2) is 0 Å². The minimum Gasteiger partial charge on any atom is -0.330 e. The second-order valence-electron chi connectivity index (χ2n) is 3.26. The first-order valence-electron chi connectivity index (χ1n) is 4.59. The van der Waals surface area contributed by atoms with Crippen molar-refractivity contribution in [1.82, 2.24) is 0 Å². The van der Waals surface area contributed by atoms with E-state index in [1.165, 1.54) is 6.07 Å². The topological polar surface area (TPSA) is 69.2 Å². The highest BCUT2D eigenvalue weighted by Gasteiger charge is 2.07. The lowest BCUT2D eigenvalue weighted by atomic mass is 10.0. The van der Waals surface area contributed by atoms with Crippen LogP contribution in [0, 0.1) is 17.0 Å². The van der Waals surface area contributed by atoms with E-state index in [1.54, 1.807) is 12.1 Å². The quantitative estimate of drug-likeness (QED) is 0.586. The van der Waals surface area contributed by atoms with Gasteiger partial charge in [-0.1, -0.05) is 6.07 Å². The van der Waals surface area contributed by atoms with Crippen molar-refractivity contribution in [3.8, 4) is 0 Å². The van der Waals surface area contributed by atoms with Crippen LogP contribution in [0.1, 0.15) is 17.5 Å². The number of nitrogens with two attached hydrogens (primary N) is 1. The number of rotatable bonds is 4. The summed E-state index contributed by atoms with van der Waals surface area (Å²) < 4.78 is 0. The molecule has 0 atom stereocenters. The third-order valence-electron chi connectivity index (χ3n) is 2.19. The van der Waals surface area contributed by atoms with Crippen molar-refractivity contribution in [2.24, 2.45) is 5.73 Å². The van der Waals surface area contributed by atoms with Crippen LogP contribution in [-0.2, 0) is 6.42 Å². The Morgan fingerprint density at radius 2 is 2.21 bits per heavy atom. The van der Waals surface area contributed by atoms with Gasteiger partial charge in [0.25, 0.3) is 5.69 Å². The summed E-state index contributed by atoms with van der Waals surface area (Å²) >= 11 is 0. The Morgan fingerprint density at radius 1 is 1.50 bits per heavy atom. The number of hydrogen-bond donors (Lipinski definition) is 1. The summed E-state index contributed by atoms with van der Waals surface area (Å²) in [6.45, 7) is 2.57. The van der Waals surface area contributed by atoms with Gasteiger partial charge in [-0.05, 0) is 37.4 Å². The molecule has 0 aliphatic carbocycles. The van der Waals surface area contributed by atoms with Crippen molar-refractivity contribution in [2.45, 2.75) is 19.8 Å². The van der Waals surface area contributed by atoms with Crippen molar-refractivity contribution >= 4 is 5.69 Å². The Morgan fingerprint density at radius 3 is 2.79 bits per heavy atom. The van der Waals surface area contributed by atoms with Gasteiger partial charge in [0.1, 0.15) is 0 Å². The first-order chi connectivity index (χ1) is 6.65. The van der Waals surface area contributed by atoms with Crippen molar-refractivity contribution in [3.05, 3.63) is 39.4 Å². The molecule has 0 aliphatic rings. The largest absolute Gasteiger partial charge is 0.330 e. The summed E-state index contributed by atoms with van der Waals surface area (Å²) in [5, 5.41) is 10.5. The van der Waals surface area contributed by atoms with Gasteiger partial charge >= 0.3 is 0 Å². The Balaban J connectivity index is 2.90. The second-order valence-corrected chi connectivity index (χ2v) is 3.26. The predicted molar refractivity (Wildman–Crippen MR) is 55.2 cm³/mol. The first-order valence-corrected chi connectivity index (χ1v) is 4.59. The average molecular weight is 194 g/mol. The molecule has 0 fully saturated rings. The number of nitro groups is 1. The van der Waals surface area contributed by atoms with Crippen LogP contribution in [0.5, 0.6) is 0 Å². The van der Waals surface area contributed by atoms with E-state index in [4.69, 9.17) is 5.73 Å². The van der Waals surface area contributed by atoms with Crippen molar-refractivity contribution in [3.63, 3.8) is 0 Å². The molecule has 4 nitrogen and oxygen atoms in total. The minimum absolute atomic E-state index is 0.155. The van der Waals surface area contributed by atoms with Gasteiger partial charge in [-0.2, -0.15) is 0 Å². The third-order valence-corrected chi connectivity index (χ3v) is 2.19. The number of hydrogen-bond acceptors (Lipinski definition) is 3. The Bertz CT molecular complexity index is 337. The van der Waals surface area contributed by atoms with Crippen LogP contribution in [0.4, 0.5) is 5.69 Å². The minimum atomic E-state index is -0.370. The lowest BCUT2D eigenvalue weighted by Gasteiger charge is -2.03. The van der Waals surface area contributed by atoms with Crippen molar-refractivity contribution in [2.75, 3.05) is 6.54 Å². The summed E-state index contributed by atoms with van der Waals surface area (Å²) in [7, 11) is 0. The van der Waals surface area contributed by atoms with Gasteiger partial charge in [0.2, 0.25) is 0 Å². The fourth-order valence-electron chi connectivity index (χ4n) is 1.33. The van der Waals surface area contributed by atoms with Crippen LogP contribution < -0.4 is 5.73 Å². The van der Waals surface area contributed by atoms with Gasteiger partial charge in [0, 0.05) is 12.1 Å². The second kappa shape index (κ2) is 4.72. The molecule has 0 heterocycles. The van der Waals surface area contributed by atoms with Crippen molar-refractivity contribution < 1.29 is 4.92 Å². The zero-order chi connectivity index (χ0) is 10.6. The molecule has 1 aromatic rings. The van der Waals surface area contributed by atoms with Crippen molar-refractivity contribution in [1.29, 1.82) is 0 Å². The number of nitro benzene ring substituents is 1. The molecule has 4 heteroatoms. The predicted octanol–water partition coefficient (Wildman–Crippen LogP) is 1.79. The van der Waals surface area contributed by atoms with Gasteiger partial charge in [-0.3, -0.25) is 10.1 Å². The third kappa shape index (κ3) is 2.53. The van der Waals surface area contributed by atoms with Crippen LogP contribution in [0.15, 0.2) is 18.2 Å². The summed E-state index contributed by atoms with van der Waals surface area (Å²) in [6.07, 6.45) is 1.67. The fourth-order valence-corrected chi connectivity index (χ4v) is 1.33. The van der Waals surface area contributed by atoms with E-state index in [2.05, 4.69) is 0 Å². The molecule has 0 bridgehead atoms. The zero-order valence-corrected chi connectivity index (χ0v) is 8.19. The molecule has 0 saturated carbocycles. The first kappa shape index (κ1) is 10.7. The standard InChI is InChI=1S/C10H14N2O2/c1-8-4-5-10(12(13)14)7-9(8)3-2-6-11/h4-5,7H,2-3,6,11H2,1H3. The van der Waals surface area contributed by atoms with Crippen LogP contribution >= 0.6 is 0 Å². The summed E-state index contributed by atoms with van der Waals surface area (Å²) in [4.78, 5) is 10.1. The number of nitrogens with zero attached hydrogens (tertiary/aromatic N) is 1. The Kier molecular flexibility index (Phi) is 3.59. The fraction of sp³-hybridized carbons (Fsp3) is 0.400. The van der Waals surface area contributed by atoms with E-state index in [-0.39, 0.29) is 10.6 Å². The highest BCUT2D eigenvalue weighted by Crippen LogP contribution is 2.18. The molecule has 14 heavy (non-hydrogen) atoms. The molecular weight excluding hydrogens is 180 g/mol. The van der Waals surface area contributed by atoms with E-state index < -0.39 is 0 Å². The smallest absolute Gasteiger partial charge is 0.269 e. The highest BCUT2D eigenvalue weighted by molar-refractivity contribution is 5.39. The van der Waals surface area contributed by atoms with Crippen LogP contribution in [0.25, 0.3) is 0 Å². The molecule has 76 valence electrons. The van der Waals surface area contributed by atoms with E-state index >= 15 is 0 Å². The number of benzene rings is 1. The molecule has 0 unspecified atom stereocenters. The van der Waals surface area contributed by atoms with Gasteiger partial charge in [0.15, 0.2) is 0 Å². The molecule has 2 N–H and O–H groups in total. The molecule has 0 amide bonds. The molecule has 0 aliphatic heterocycles. The normalized spacial score (nSPS) is 10.1. The van der Waals surface area contributed by atoms with Gasteiger partial charge in [0.05, 0.1) is 4.92 Å². The molecule has 1 aromatic carbocycles. The zero-order valence-electron chi connectivity index (χ0n) is 8.19. The maximum Gasteiger partial charge on any atom is 0.269 e. The summed E-state index contributed by atoms with van der Waals surface area (Å²) in [5.41, 5.74) is 7.65. The summed E-state index contributed by atoms with van der Waals surface area (Å²) in [5.74, 6) is 0. The van der Waals surface area contributed by atoms with Gasteiger partial charge < -0.3 is 5.73 Å². The van der Waals surface area contributed by atoms with Crippen LogP contribution in [0.2, 0.25) is 0 Å². The molecule has 1 rings (SSSR count). The molecule has 0 aromatic heterocycles. The summed E-state index contributed by atoms with van der Waals surface area (Å²) in [6, 6.07) is 4.94. The lowest BCUT2D eigenvalue weighted by molar-refractivity contribution is -0.384. The maximum absolute atomic E-state index is 10.5. The van der Waals surface area contributed by atoms with E-state index in [9.17, 15) is 10.1 Å². The number of aryl methyl sites for hydroxylation is 2. The molecule has 0 spiro atoms. The molecule has 0 radical (unpaired) electrons. The maximum atomic E-state index is 10.5. The highest BCUT2D eigenvalue weighted by atomic mass is 16.6. The molecule has 0 saturated heterocycles. The van der Waals surface area contributed by atoms with Crippen LogP contribution in [0.3, 0.4) is 0 Å².